The van der Waals surface area contributed by atoms with E-state index in [4.69, 9.17) is 10.5 Å². The summed E-state index contributed by atoms with van der Waals surface area (Å²) in [6.07, 6.45) is 9.54. The van der Waals surface area contributed by atoms with Crippen molar-refractivity contribution in [2.45, 2.75) is 63.8 Å². The molecule has 7 nitrogen and oxygen atoms in total. The molecule has 0 atom stereocenters. The molecule has 0 spiro atoms. The summed E-state index contributed by atoms with van der Waals surface area (Å²) in [4.78, 5) is 26.2. The van der Waals surface area contributed by atoms with E-state index >= 15 is 4.39 Å². The fourth-order valence-corrected chi connectivity index (χ4v) is 6.57. The minimum Gasteiger partial charge on any atom is -0.496 e. The van der Waals surface area contributed by atoms with Crippen LogP contribution in [0.15, 0.2) is 48.7 Å². The van der Waals surface area contributed by atoms with Crippen molar-refractivity contribution in [2.24, 2.45) is 11.7 Å². The number of carbonyl (C=O) groups is 2. The van der Waals surface area contributed by atoms with Crippen LogP contribution < -0.4 is 15.8 Å². The summed E-state index contributed by atoms with van der Waals surface area (Å²) in [5, 5.41) is 7.75. The quantitative estimate of drug-likeness (QED) is 0.265. The molecule has 42 heavy (non-hydrogen) atoms. The van der Waals surface area contributed by atoms with E-state index in [1.54, 1.807) is 36.5 Å². The highest BCUT2D eigenvalue weighted by molar-refractivity contribution is 6.02. The Morgan fingerprint density at radius 3 is 2.43 bits per heavy atom. The lowest BCUT2D eigenvalue weighted by atomic mass is 9.82. The normalized spacial score (nSPS) is 16.4. The molecular weight excluding hydrogens is 538 g/mol. The van der Waals surface area contributed by atoms with Crippen molar-refractivity contribution in [1.29, 1.82) is 0 Å². The van der Waals surface area contributed by atoms with Gasteiger partial charge < -0.3 is 15.8 Å². The lowest BCUT2D eigenvalue weighted by molar-refractivity contribution is 0.0898. The van der Waals surface area contributed by atoms with Gasteiger partial charge in [-0.15, -0.1) is 0 Å². The van der Waals surface area contributed by atoms with Gasteiger partial charge in [0.2, 0.25) is 0 Å². The molecule has 3 N–H and O–H groups in total. The Hall–Kier alpha value is -4.27. The molecule has 0 radical (unpaired) electrons. The summed E-state index contributed by atoms with van der Waals surface area (Å²) in [6.45, 7) is 1.82. The number of methoxy groups -OCH3 is 1. The molecular formula is C33H34F2N4O3. The number of nitrogens with zero attached hydrogens (tertiary/aromatic N) is 2. The summed E-state index contributed by atoms with van der Waals surface area (Å²) in [6, 6.07) is 10.8. The largest absolute Gasteiger partial charge is 0.496 e. The van der Waals surface area contributed by atoms with E-state index in [0.29, 0.717) is 33.9 Å². The van der Waals surface area contributed by atoms with E-state index in [1.165, 1.54) is 43.0 Å². The summed E-state index contributed by atoms with van der Waals surface area (Å²) in [7, 11) is 1.51. The van der Waals surface area contributed by atoms with Gasteiger partial charge in [0.05, 0.1) is 23.9 Å². The number of hydrogen-bond acceptors (Lipinski definition) is 4. The average Bonchev–Trinajstić information content (AvgIpc) is 3.66. The Kier molecular flexibility index (Phi) is 7.20. The number of rotatable bonds is 8. The number of carbonyl (C=O) groups excluding carboxylic acids is 2. The molecule has 2 amide bonds. The molecule has 4 aromatic rings. The number of aromatic nitrogens is 2. The second kappa shape index (κ2) is 10.9. The first-order chi connectivity index (χ1) is 20.2. The Labute approximate surface area is 243 Å². The van der Waals surface area contributed by atoms with Gasteiger partial charge in [0.25, 0.3) is 11.8 Å². The van der Waals surface area contributed by atoms with Crippen LogP contribution in [0.25, 0.3) is 16.6 Å². The fraction of sp³-hybridized carbons (Fsp3) is 0.364. The van der Waals surface area contributed by atoms with Crippen molar-refractivity contribution in [2.75, 3.05) is 7.11 Å². The minimum absolute atomic E-state index is 0.0361. The van der Waals surface area contributed by atoms with Gasteiger partial charge in [0, 0.05) is 23.7 Å². The van der Waals surface area contributed by atoms with E-state index in [2.05, 4.69) is 10.4 Å². The number of fused-ring (bicyclic) bond motifs is 1. The molecule has 2 saturated carbocycles. The van der Waals surface area contributed by atoms with Gasteiger partial charge in [-0.25, -0.2) is 13.3 Å². The van der Waals surface area contributed by atoms with Crippen LogP contribution in [0.3, 0.4) is 0 Å². The molecule has 9 heteroatoms. The van der Waals surface area contributed by atoms with Gasteiger partial charge in [-0.2, -0.15) is 5.10 Å². The maximum Gasteiger partial charge on any atom is 0.255 e. The molecule has 2 aromatic heterocycles. The molecule has 2 fully saturated rings. The highest BCUT2D eigenvalue weighted by atomic mass is 19.1. The van der Waals surface area contributed by atoms with Crippen LogP contribution in [0.2, 0.25) is 0 Å². The van der Waals surface area contributed by atoms with Gasteiger partial charge in [0.15, 0.2) is 5.82 Å². The predicted molar refractivity (Wildman–Crippen MR) is 156 cm³/mol. The van der Waals surface area contributed by atoms with Crippen LogP contribution in [-0.2, 0) is 6.42 Å². The van der Waals surface area contributed by atoms with Crippen LogP contribution in [0.5, 0.6) is 5.75 Å². The monoisotopic (exact) mass is 572 g/mol. The van der Waals surface area contributed by atoms with Crippen molar-refractivity contribution < 1.29 is 23.1 Å². The van der Waals surface area contributed by atoms with Crippen LogP contribution in [0, 0.1) is 24.5 Å². The number of nitrogens with one attached hydrogen (secondary N) is 1. The number of aryl methyl sites for hydroxylation is 1. The zero-order valence-corrected chi connectivity index (χ0v) is 23.8. The topological polar surface area (TPSA) is 98.7 Å². The maximum absolute atomic E-state index is 16.3. The molecule has 0 aliphatic heterocycles. The van der Waals surface area contributed by atoms with Crippen LogP contribution >= 0.6 is 0 Å². The highest BCUT2D eigenvalue weighted by Crippen LogP contribution is 2.48. The summed E-state index contributed by atoms with van der Waals surface area (Å²) < 4.78 is 36.6. The first kappa shape index (κ1) is 27.9. The number of ether oxygens (including phenoxy) is 1. The number of nitrogens with two attached hydrogens (primary N) is 1. The summed E-state index contributed by atoms with van der Waals surface area (Å²) in [5.74, 6) is -1.22. The first-order valence-corrected chi connectivity index (χ1v) is 14.5. The molecule has 2 aromatic carbocycles. The third kappa shape index (κ3) is 5.01. The Balaban J connectivity index is 1.39. The third-order valence-electron chi connectivity index (χ3n) is 8.96. The van der Waals surface area contributed by atoms with Crippen molar-refractivity contribution in [1.82, 2.24) is 14.9 Å². The van der Waals surface area contributed by atoms with E-state index in [0.717, 1.165) is 25.7 Å². The fourth-order valence-electron chi connectivity index (χ4n) is 6.57. The second-order valence-electron chi connectivity index (χ2n) is 11.6. The molecule has 0 unspecified atom stereocenters. The molecule has 218 valence electrons. The predicted octanol–water partition coefficient (Wildman–Crippen LogP) is 6.13. The van der Waals surface area contributed by atoms with E-state index in [9.17, 15) is 14.0 Å². The van der Waals surface area contributed by atoms with Gasteiger partial charge in [-0.3, -0.25) is 9.59 Å². The molecule has 0 saturated heterocycles. The molecule has 0 bridgehead atoms. The number of benzene rings is 2. The number of halogens is 2. The molecule has 2 heterocycles. The Bertz CT molecular complexity index is 1690. The van der Waals surface area contributed by atoms with Crippen molar-refractivity contribution in [3.63, 3.8) is 0 Å². The summed E-state index contributed by atoms with van der Waals surface area (Å²) >= 11 is 0. The van der Waals surface area contributed by atoms with Gasteiger partial charge >= 0.3 is 0 Å². The smallest absolute Gasteiger partial charge is 0.255 e. The molecule has 2 aliphatic carbocycles. The maximum atomic E-state index is 16.3. The minimum atomic E-state index is -0.817. The number of primary amides is 1. The highest BCUT2D eigenvalue weighted by Gasteiger charge is 2.50. The average molecular weight is 573 g/mol. The van der Waals surface area contributed by atoms with E-state index in [-0.39, 0.29) is 46.0 Å². The van der Waals surface area contributed by atoms with Gasteiger partial charge in [-0.05, 0) is 85.5 Å². The summed E-state index contributed by atoms with van der Waals surface area (Å²) in [5.41, 5.74) is 8.20. The van der Waals surface area contributed by atoms with Crippen LogP contribution in [-0.4, -0.2) is 34.1 Å². The SMILES string of the molecule is COc1cc(C)c(-c2ccn3nc(Cc4ccc(F)cc4)c(C(N)=O)c3c2F)cc1C(=O)NC1(C2CCCCC2)CC1. The second-order valence-corrected chi connectivity index (χ2v) is 11.6. The van der Waals surface area contributed by atoms with Gasteiger partial charge in [-0.1, -0.05) is 31.4 Å². The lowest BCUT2D eigenvalue weighted by Crippen LogP contribution is -2.43. The van der Waals surface area contributed by atoms with Gasteiger partial charge in [0.1, 0.15) is 17.1 Å². The number of amides is 2. The zero-order valence-electron chi connectivity index (χ0n) is 23.8. The molecule has 6 rings (SSSR count). The number of pyridine rings is 1. The lowest BCUT2D eigenvalue weighted by Gasteiger charge is -2.31. The Morgan fingerprint density at radius 1 is 1.07 bits per heavy atom. The van der Waals surface area contributed by atoms with E-state index < -0.39 is 11.7 Å². The zero-order chi connectivity index (χ0) is 29.6. The standard InChI is InChI=1S/C33H34F2N4O3/c1-19-16-27(42-2)25(32(41)37-33(13-14-33)21-6-4-3-5-7-21)18-24(19)23-12-15-39-30(29(23)35)28(31(36)40)26(38-39)17-20-8-10-22(34)11-9-20/h8-12,15-16,18,21H,3-7,13-14,17H2,1-2H3,(H2,36,40)(H,37,41). The van der Waals surface area contributed by atoms with Crippen molar-refractivity contribution in [3.8, 4) is 16.9 Å². The van der Waals surface area contributed by atoms with Crippen LogP contribution in [0.4, 0.5) is 8.78 Å². The van der Waals surface area contributed by atoms with Crippen LogP contribution in [0.1, 0.15) is 82.5 Å². The first-order valence-electron chi connectivity index (χ1n) is 14.5. The van der Waals surface area contributed by atoms with E-state index in [1.807, 2.05) is 6.92 Å². The third-order valence-corrected chi connectivity index (χ3v) is 8.96. The molecule has 2 aliphatic rings. The van der Waals surface area contributed by atoms with Crippen molar-refractivity contribution >= 4 is 17.3 Å². The number of hydrogen-bond donors (Lipinski definition) is 2. The Morgan fingerprint density at radius 2 is 1.79 bits per heavy atom. The van der Waals surface area contributed by atoms with Crippen molar-refractivity contribution in [3.05, 3.63) is 88.2 Å².